The van der Waals surface area contributed by atoms with Gasteiger partial charge in [0.25, 0.3) is 5.91 Å². The summed E-state index contributed by atoms with van der Waals surface area (Å²) >= 11 is 0. The third-order valence-corrected chi connectivity index (χ3v) is 3.22. The third kappa shape index (κ3) is 6.60. The van der Waals surface area contributed by atoms with Gasteiger partial charge in [-0.1, -0.05) is 13.8 Å². The molecule has 1 aliphatic rings. The number of ether oxygens (including phenoxy) is 1. The van der Waals surface area contributed by atoms with Crippen molar-refractivity contribution in [2.45, 2.75) is 33.7 Å². The predicted octanol–water partition coefficient (Wildman–Crippen LogP) is 1.33. The standard InChI is InChI=1S/C15H22N6O2.C2H6/c1-10(16)14(19-11(2)17)20-13-4-3-12(9-18-13)15(22)21-5-7-23-8-6-21;1-2/h3-4,9-10H,5-8,16H2,1-2H3,(H2,17,18,19,20);1-2H3. The first-order chi connectivity index (χ1) is 12.0. The van der Waals surface area contributed by atoms with Gasteiger partial charge in [0, 0.05) is 19.3 Å². The monoisotopic (exact) mass is 348 g/mol. The topological polar surface area (TPSA) is 119 Å². The Labute approximate surface area is 149 Å². The molecule has 1 unspecified atom stereocenters. The molecule has 1 atom stereocenters. The van der Waals surface area contributed by atoms with Crippen molar-refractivity contribution >= 4 is 23.4 Å². The Morgan fingerprint density at radius 2 is 1.96 bits per heavy atom. The van der Waals surface area contributed by atoms with E-state index in [1.165, 1.54) is 6.20 Å². The van der Waals surface area contributed by atoms with Crippen LogP contribution in [0.5, 0.6) is 0 Å². The first-order valence-corrected chi connectivity index (χ1v) is 8.45. The quantitative estimate of drug-likeness (QED) is 0.631. The first kappa shape index (κ1) is 20.7. The number of aliphatic imine (C=N–C) groups is 2. The van der Waals surface area contributed by atoms with Gasteiger partial charge in [0.1, 0.15) is 5.84 Å². The van der Waals surface area contributed by atoms with Gasteiger partial charge in [0.05, 0.1) is 30.7 Å². The summed E-state index contributed by atoms with van der Waals surface area (Å²) in [5, 5.41) is 0. The zero-order valence-electron chi connectivity index (χ0n) is 15.4. The molecule has 138 valence electrons. The highest BCUT2D eigenvalue weighted by molar-refractivity contribution is 5.99. The van der Waals surface area contributed by atoms with E-state index in [1.54, 1.807) is 30.9 Å². The lowest BCUT2D eigenvalue weighted by atomic mass is 10.2. The molecular formula is C17H28N6O2. The van der Waals surface area contributed by atoms with Crippen LogP contribution in [-0.2, 0) is 4.74 Å². The largest absolute Gasteiger partial charge is 0.387 e. The molecule has 0 bridgehead atoms. The normalized spacial score (nSPS) is 16.8. The second-order valence-electron chi connectivity index (χ2n) is 5.32. The van der Waals surface area contributed by atoms with Crippen LogP contribution in [0.2, 0.25) is 0 Å². The van der Waals surface area contributed by atoms with Crippen LogP contribution < -0.4 is 11.5 Å². The lowest BCUT2D eigenvalue weighted by Crippen LogP contribution is -2.40. The van der Waals surface area contributed by atoms with Crippen molar-refractivity contribution in [1.29, 1.82) is 0 Å². The summed E-state index contributed by atoms with van der Waals surface area (Å²) in [5.74, 6) is 1.14. The van der Waals surface area contributed by atoms with Gasteiger partial charge in [0.2, 0.25) is 0 Å². The molecule has 1 aromatic rings. The van der Waals surface area contributed by atoms with Crippen LogP contribution in [-0.4, -0.2) is 59.8 Å². The van der Waals surface area contributed by atoms with Crippen LogP contribution in [0, 0.1) is 0 Å². The van der Waals surface area contributed by atoms with Gasteiger partial charge in [-0.3, -0.25) is 4.79 Å². The summed E-state index contributed by atoms with van der Waals surface area (Å²) in [6.45, 7) is 9.75. The summed E-state index contributed by atoms with van der Waals surface area (Å²) in [6, 6.07) is 2.99. The average Bonchev–Trinajstić information content (AvgIpc) is 2.63. The summed E-state index contributed by atoms with van der Waals surface area (Å²) in [6.07, 6.45) is 1.51. The number of aromatic nitrogens is 1. The summed E-state index contributed by atoms with van der Waals surface area (Å²) < 4.78 is 5.24. The average molecular weight is 348 g/mol. The molecule has 1 saturated heterocycles. The fourth-order valence-corrected chi connectivity index (χ4v) is 2.05. The molecule has 4 N–H and O–H groups in total. The van der Waals surface area contributed by atoms with E-state index in [0.29, 0.717) is 49.4 Å². The smallest absolute Gasteiger partial charge is 0.255 e. The number of rotatable bonds is 3. The van der Waals surface area contributed by atoms with E-state index in [1.807, 2.05) is 13.8 Å². The Bertz CT molecular complexity index is 600. The molecule has 2 heterocycles. The maximum absolute atomic E-state index is 12.3. The molecule has 0 spiro atoms. The van der Waals surface area contributed by atoms with Crippen LogP contribution in [0.4, 0.5) is 5.82 Å². The molecule has 1 aliphatic heterocycles. The second-order valence-corrected chi connectivity index (χ2v) is 5.32. The fraction of sp³-hybridized carbons (Fsp3) is 0.529. The minimum atomic E-state index is -0.370. The number of morpholine rings is 1. The summed E-state index contributed by atoms with van der Waals surface area (Å²) in [4.78, 5) is 26.6. The number of amides is 1. The van der Waals surface area contributed by atoms with Gasteiger partial charge in [-0.05, 0) is 26.0 Å². The molecule has 1 aromatic heterocycles. The van der Waals surface area contributed by atoms with Crippen LogP contribution in [0.15, 0.2) is 28.3 Å². The highest BCUT2D eigenvalue weighted by Gasteiger charge is 2.18. The zero-order chi connectivity index (χ0) is 18.8. The van der Waals surface area contributed by atoms with Crippen molar-refractivity contribution in [3.63, 3.8) is 0 Å². The van der Waals surface area contributed by atoms with Gasteiger partial charge < -0.3 is 21.1 Å². The maximum atomic E-state index is 12.3. The van der Waals surface area contributed by atoms with E-state index in [-0.39, 0.29) is 11.9 Å². The van der Waals surface area contributed by atoms with Crippen molar-refractivity contribution in [3.8, 4) is 0 Å². The second kappa shape index (κ2) is 10.5. The van der Waals surface area contributed by atoms with Crippen LogP contribution in [0.25, 0.3) is 0 Å². The maximum Gasteiger partial charge on any atom is 0.255 e. The lowest BCUT2D eigenvalue weighted by Gasteiger charge is -2.26. The molecule has 8 heteroatoms. The van der Waals surface area contributed by atoms with Crippen molar-refractivity contribution in [1.82, 2.24) is 9.88 Å². The minimum absolute atomic E-state index is 0.0560. The summed E-state index contributed by atoms with van der Waals surface area (Å²) in [7, 11) is 0. The molecule has 2 rings (SSSR count). The highest BCUT2D eigenvalue weighted by atomic mass is 16.5. The number of hydrogen-bond acceptors (Lipinski definition) is 5. The van der Waals surface area contributed by atoms with Gasteiger partial charge in [0.15, 0.2) is 5.82 Å². The number of carbonyl (C=O) groups is 1. The SMILES string of the molecule is CC.CC(N)=NC(=Nc1ccc(C(=O)N2CCOCC2)cn1)C(C)N. The Morgan fingerprint density at radius 1 is 1.32 bits per heavy atom. The van der Waals surface area contributed by atoms with Crippen molar-refractivity contribution < 1.29 is 9.53 Å². The number of hydrogen-bond donors (Lipinski definition) is 2. The Hall–Kier alpha value is -2.32. The predicted molar refractivity (Wildman–Crippen MR) is 100 cm³/mol. The third-order valence-electron chi connectivity index (χ3n) is 3.22. The minimum Gasteiger partial charge on any atom is -0.387 e. The number of nitrogens with two attached hydrogens (primary N) is 2. The number of carbonyl (C=O) groups excluding carboxylic acids is 1. The molecule has 8 nitrogen and oxygen atoms in total. The van der Waals surface area contributed by atoms with E-state index in [9.17, 15) is 4.79 Å². The lowest BCUT2D eigenvalue weighted by molar-refractivity contribution is 0.0302. The van der Waals surface area contributed by atoms with Crippen LogP contribution in [0.3, 0.4) is 0 Å². The highest BCUT2D eigenvalue weighted by Crippen LogP contribution is 2.12. The van der Waals surface area contributed by atoms with E-state index < -0.39 is 0 Å². The van der Waals surface area contributed by atoms with Gasteiger partial charge >= 0.3 is 0 Å². The fourth-order valence-electron chi connectivity index (χ4n) is 2.05. The molecule has 0 saturated carbocycles. The molecule has 1 amide bonds. The molecule has 1 fully saturated rings. The zero-order valence-corrected chi connectivity index (χ0v) is 15.4. The Morgan fingerprint density at radius 3 is 2.44 bits per heavy atom. The Kier molecular flexibility index (Phi) is 8.73. The molecular weight excluding hydrogens is 320 g/mol. The number of nitrogens with zero attached hydrogens (tertiary/aromatic N) is 4. The van der Waals surface area contributed by atoms with E-state index in [0.717, 1.165) is 0 Å². The van der Waals surface area contributed by atoms with E-state index in [4.69, 9.17) is 16.2 Å². The van der Waals surface area contributed by atoms with E-state index >= 15 is 0 Å². The van der Waals surface area contributed by atoms with Crippen LogP contribution >= 0.6 is 0 Å². The first-order valence-electron chi connectivity index (χ1n) is 8.45. The van der Waals surface area contributed by atoms with Gasteiger partial charge in [-0.2, -0.15) is 0 Å². The van der Waals surface area contributed by atoms with Crippen molar-refractivity contribution in [2.75, 3.05) is 26.3 Å². The van der Waals surface area contributed by atoms with Crippen LogP contribution in [0.1, 0.15) is 38.1 Å². The van der Waals surface area contributed by atoms with Gasteiger partial charge in [-0.15, -0.1) is 0 Å². The molecule has 0 radical (unpaired) electrons. The van der Waals surface area contributed by atoms with E-state index in [2.05, 4.69) is 15.0 Å². The Balaban J connectivity index is 0.00000151. The van der Waals surface area contributed by atoms with Crippen molar-refractivity contribution in [2.24, 2.45) is 21.5 Å². The molecule has 0 aliphatic carbocycles. The summed E-state index contributed by atoms with van der Waals surface area (Å²) in [5.41, 5.74) is 11.9. The molecule has 0 aromatic carbocycles. The number of pyridine rings is 1. The molecule has 25 heavy (non-hydrogen) atoms. The van der Waals surface area contributed by atoms with Gasteiger partial charge in [-0.25, -0.2) is 15.0 Å². The number of amidine groups is 2. The van der Waals surface area contributed by atoms with Crippen molar-refractivity contribution in [3.05, 3.63) is 23.9 Å².